The van der Waals surface area contributed by atoms with Crippen molar-refractivity contribution in [2.45, 2.75) is 38.3 Å². The minimum atomic E-state index is -3.73. The lowest BCUT2D eigenvalue weighted by atomic mass is 9.86. The molecule has 0 atom stereocenters. The average Bonchev–Trinajstić information content (AvgIpc) is 2.57. The zero-order valence-electron chi connectivity index (χ0n) is 10.4. The molecule has 0 aromatic carbocycles. The molecule has 0 saturated carbocycles. The van der Waals surface area contributed by atoms with Crippen LogP contribution in [-0.2, 0) is 16.4 Å². The summed E-state index contributed by atoms with van der Waals surface area (Å²) in [5.41, 5.74) is -0.0466. The molecule has 0 amide bonds. The van der Waals surface area contributed by atoms with E-state index in [1.165, 1.54) is 6.07 Å². The Morgan fingerprint density at radius 3 is 2.29 bits per heavy atom. The van der Waals surface area contributed by atoms with Crippen LogP contribution in [0.15, 0.2) is 10.3 Å². The fraction of sp³-hybridized carbons (Fsp3) is 0.545. The molecule has 17 heavy (non-hydrogen) atoms. The first-order valence-corrected chi connectivity index (χ1v) is 7.64. The van der Waals surface area contributed by atoms with Gasteiger partial charge in [0.1, 0.15) is 4.21 Å². The summed E-state index contributed by atoms with van der Waals surface area (Å²) in [5.74, 6) is -0.0551. The molecule has 0 bridgehead atoms. The molecule has 0 unspecified atom stereocenters. The highest BCUT2D eigenvalue weighted by Crippen LogP contribution is 2.31. The lowest BCUT2D eigenvalue weighted by Gasteiger charge is -2.16. The van der Waals surface area contributed by atoms with Crippen molar-refractivity contribution in [3.8, 4) is 0 Å². The van der Waals surface area contributed by atoms with Crippen molar-refractivity contribution in [2.75, 3.05) is 0 Å². The van der Waals surface area contributed by atoms with E-state index in [9.17, 15) is 13.2 Å². The summed E-state index contributed by atoms with van der Waals surface area (Å²) >= 11 is 1.08. The normalized spacial score (nSPS) is 12.8. The molecule has 0 radical (unpaired) electrons. The number of ketones is 1. The maximum Gasteiger partial charge on any atom is 0.247 e. The van der Waals surface area contributed by atoms with E-state index in [-0.39, 0.29) is 9.99 Å². The van der Waals surface area contributed by atoms with E-state index in [1.54, 1.807) is 0 Å². The van der Waals surface area contributed by atoms with Gasteiger partial charge in [0.25, 0.3) is 0 Å². The predicted octanol–water partition coefficient (Wildman–Crippen LogP) is 2.19. The number of thiophene rings is 1. The average molecular weight is 275 g/mol. The highest BCUT2D eigenvalue weighted by molar-refractivity contribution is 7.91. The Labute approximate surface area is 106 Å². The monoisotopic (exact) mass is 275 g/mol. The molecule has 0 fully saturated rings. The maximum absolute atomic E-state index is 12.2. The standard InChI is InChI=1S/C11H17NO3S2/c1-5-8-7(10(13)11(2,3)4)6-9(16-8)17(12,14)15/h6H,5H2,1-4H3,(H2,12,14,15). The van der Waals surface area contributed by atoms with Gasteiger partial charge < -0.3 is 0 Å². The van der Waals surface area contributed by atoms with Crippen LogP contribution in [0.1, 0.15) is 42.9 Å². The van der Waals surface area contributed by atoms with E-state index in [0.717, 1.165) is 16.2 Å². The van der Waals surface area contributed by atoms with Gasteiger partial charge in [-0.05, 0) is 12.5 Å². The first-order chi connectivity index (χ1) is 7.57. The number of sulfonamides is 1. The third-order valence-corrected chi connectivity index (χ3v) is 5.01. The van der Waals surface area contributed by atoms with E-state index < -0.39 is 15.4 Å². The van der Waals surface area contributed by atoms with Gasteiger partial charge in [0.2, 0.25) is 10.0 Å². The van der Waals surface area contributed by atoms with Gasteiger partial charge in [-0.25, -0.2) is 13.6 Å². The van der Waals surface area contributed by atoms with Gasteiger partial charge in [0.15, 0.2) is 5.78 Å². The van der Waals surface area contributed by atoms with E-state index >= 15 is 0 Å². The smallest absolute Gasteiger partial charge is 0.247 e. The fourth-order valence-electron chi connectivity index (χ4n) is 1.40. The molecular weight excluding hydrogens is 258 g/mol. The van der Waals surface area contributed by atoms with Crippen molar-refractivity contribution >= 4 is 27.1 Å². The van der Waals surface area contributed by atoms with Crippen LogP contribution in [0.3, 0.4) is 0 Å². The minimum Gasteiger partial charge on any atom is -0.294 e. The van der Waals surface area contributed by atoms with Gasteiger partial charge in [-0.15, -0.1) is 11.3 Å². The van der Waals surface area contributed by atoms with Crippen molar-refractivity contribution < 1.29 is 13.2 Å². The lowest BCUT2D eigenvalue weighted by Crippen LogP contribution is -2.20. The molecule has 4 nitrogen and oxygen atoms in total. The van der Waals surface area contributed by atoms with Crippen LogP contribution in [-0.4, -0.2) is 14.2 Å². The van der Waals surface area contributed by atoms with Crippen LogP contribution < -0.4 is 5.14 Å². The number of rotatable bonds is 3. The van der Waals surface area contributed by atoms with Crippen molar-refractivity contribution in [3.05, 3.63) is 16.5 Å². The molecule has 0 saturated heterocycles. The number of Topliss-reactive ketones (excluding diaryl/α,β-unsaturated/α-hetero) is 1. The Kier molecular flexibility index (Phi) is 3.81. The highest BCUT2D eigenvalue weighted by Gasteiger charge is 2.28. The summed E-state index contributed by atoms with van der Waals surface area (Å²) < 4.78 is 22.6. The van der Waals surface area contributed by atoms with Crippen molar-refractivity contribution in [2.24, 2.45) is 10.6 Å². The van der Waals surface area contributed by atoms with Crippen LogP contribution in [0.25, 0.3) is 0 Å². The molecule has 0 aliphatic rings. The molecule has 96 valence electrons. The van der Waals surface area contributed by atoms with E-state index in [2.05, 4.69) is 0 Å². The van der Waals surface area contributed by atoms with E-state index in [1.807, 2.05) is 27.7 Å². The summed E-state index contributed by atoms with van der Waals surface area (Å²) in [7, 11) is -3.73. The molecule has 6 heteroatoms. The van der Waals surface area contributed by atoms with Gasteiger partial charge in [-0.3, -0.25) is 4.79 Å². The first-order valence-electron chi connectivity index (χ1n) is 5.27. The first kappa shape index (κ1) is 14.3. The maximum atomic E-state index is 12.2. The largest absolute Gasteiger partial charge is 0.294 e. The summed E-state index contributed by atoms with van der Waals surface area (Å²) in [5, 5.41) is 5.07. The van der Waals surface area contributed by atoms with Crippen LogP contribution >= 0.6 is 11.3 Å². The number of primary sulfonamides is 1. The van der Waals surface area contributed by atoms with Crippen LogP contribution in [0.5, 0.6) is 0 Å². The molecule has 1 rings (SSSR count). The van der Waals surface area contributed by atoms with E-state index in [0.29, 0.717) is 12.0 Å². The van der Waals surface area contributed by atoms with Crippen LogP contribution in [0, 0.1) is 5.41 Å². The Morgan fingerprint density at radius 2 is 1.94 bits per heavy atom. The SMILES string of the molecule is CCc1sc(S(N)(=O)=O)cc1C(=O)C(C)(C)C. The molecule has 2 N–H and O–H groups in total. The van der Waals surface area contributed by atoms with Gasteiger partial charge in [-0.2, -0.15) is 0 Å². The van der Waals surface area contributed by atoms with Crippen LogP contribution in [0.2, 0.25) is 0 Å². The summed E-state index contributed by atoms with van der Waals surface area (Å²) in [6.07, 6.45) is 0.622. The Balaban J connectivity index is 3.36. The number of nitrogens with two attached hydrogens (primary N) is 1. The quantitative estimate of drug-likeness (QED) is 0.859. The molecule has 0 aliphatic carbocycles. The second-order valence-corrected chi connectivity index (χ2v) is 7.80. The minimum absolute atomic E-state index is 0.0551. The third kappa shape index (κ3) is 3.14. The predicted molar refractivity (Wildman–Crippen MR) is 68.9 cm³/mol. The lowest BCUT2D eigenvalue weighted by molar-refractivity contribution is 0.0858. The second kappa shape index (κ2) is 4.51. The molecular formula is C11H17NO3S2. The number of hydrogen-bond acceptors (Lipinski definition) is 4. The van der Waals surface area contributed by atoms with Crippen molar-refractivity contribution in [1.82, 2.24) is 0 Å². The van der Waals surface area contributed by atoms with E-state index in [4.69, 9.17) is 5.14 Å². The van der Waals surface area contributed by atoms with Gasteiger partial charge >= 0.3 is 0 Å². The van der Waals surface area contributed by atoms with Crippen molar-refractivity contribution in [3.63, 3.8) is 0 Å². The van der Waals surface area contributed by atoms with Crippen molar-refractivity contribution in [1.29, 1.82) is 0 Å². The van der Waals surface area contributed by atoms with Gasteiger partial charge in [0.05, 0.1) is 0 Å². The number of carbonyl (C=O) groups excluding carboxylic acids is 1. The third-order valence-electron chi connectivity index (χ3n) is 2.31. The summed E-state index contributed by atoms with van der Waals surface area (Å²) in [4.78, 5) is 12.9. The Morgan fingerprint density at radius 1 is 1.41 bits per heavy atom. The number of carbonyl (C=O) groups is 1. The highest BCUT2D eigenvalue weighted by atomic mass is 32.2. The van der Waals surface area contributed by atoms with Gasteiger partial charge in [-0.1, -0.05) is 27.7 Å². The Hall–Kier alpha value is -0.720. The molecule has 1 heterocycles. The molecule has 1 aromatic heterocycles. The number of aryl methyl sites for hydroxylation is 1. The zero-order chi connectivity index (χ0) is 13.4. The van der Waals surface area contributed by atoms with Crippen LogP contribution in [0.4, 0.5) is 0 Å². The molecule has 0 aliphatic heterocycles. The van der Waals surface area contributed by atoms with Gasteiger partial charge in [0, 0.05) is 15.9 Å². The zero-order valence-corrected chi connectivity index (χ0v) is 12.0. The fourth-order valence-corrected chi connectivity index (χ4v) is 3.28. The summed E-state index contributed by atoms with van der Waals surface area (Å²) in [6.45, 7) is 7.31. The summed E-state index contributed by atoms with van der Waals surface area (Å²) in [6, 6.07) is 1.40. The molecule has 1 aromatic rings. The number of hydrogen-bond donors (Lipinski definition) is 1. The second-order valence-electron chi connectivity index (χ2n) is 4.88. The molecule has 0 spiro atoms. The Bertz CT molecular complexity index is 536. The topological polar surface area (TPSA) is 77.2 Å².